The Morgan fingerprint density at radius 2 is 1.88 bits per heavy atom. The third-order valence-corrected chi connectivity index (χ3v) is 14.1. The number of pyridine rings is 1. The van der Waals surface area contributed by atoms with E-state index in [-0.39, 0.29) is 22.9 Å². The number of hydrogen-bond donors (Lipinski definition) is 3. The van der Waals surface area contributed by atoms with Crippen LogP contribution in [0, 0.1) is 16.0 Å². The van der Waals surface area contributed by atoms with Gasteiger partial charge in [0.15, 0.2) is 0 Å². The number of benzene rings is 3. The number of likely N-dealkylation sites (tertiary alicyclic amines) is 1. The van der Waals surface area contributed by atoms with Gasteiger partial charge in [-0.05, 0) is 141 Å². The average Bonchev–Trinajstić information content (AvgIpc) is 3.77. The number of H-pyrrole nitrogens is 1. The Balaban J connectivity index is 0.956. The van der Waals surface area contributed by atoms with Crippen molar-refractivity contribution in [2.75, 3.05) is 31.6 Å². The lowest BCUT2D eigenvalue weighted by molar-refractivity contribution is -0.384. The van der Waals surface area contributed by atoms with E-state index in [1.165, 1.54) is 42.3 Å². The fraction of sp³-hybridized carbons (Fsp3) is 0.378. The normalized spacial score (nSPS) is 20.2. The van der Waals surface area contributed by atoms with Gasteiger partial charge in [-0.2, -0.15) is 0 Å². The van der Waals surface area contributed by atoms with E-state index in [1.54, 1.807) is 24.4 Å². The Bertz CT molecular complexity index is 2590. The first-order valence-corrected chi connectivity index (χ1v) is 22.6. The fourth-order valence-corrected chi connectivity index (χ4v) is 10.4. The number of aromatic amines is 1. The van der Waals surface area contributed by atoms with Crippen molar-refractivity contribution in [2.24, 2.45) is 5.92 Å². The highest BCUT2D eigenvalue weighted by Gasteiger charge is 2.37. The van der Waals surface area contributed by atoms with E-state index in [1.807, 2.05) is 18.2 Å². The van der Waals surface area contributed by atoms with Crippen molar-refractivity contribution in [3.63, 3.8) is 0 Å². The summed E-state index contributed by atoms with van der Waals surface area (Å²) in [6.07, 6.45) is 14.5. The van der Waals surface area contributed by atoms with Crippen molar-refractivity contribution in [1.82, 2.24) is 19.6 Å². The van der Waals surface area contributed by atoms with Crippen LogP contribution in [0.25, 0.3) is 16.6 Å². The molecule has 0 bridgehead atoms. The molecule has 2 aliphatic carbocycles. The molecular weight excluding hydrogens is 804 g/mol. The molecule has 3 aromatic carbocycles. The number of fused-ring (bicyclic) bond motifs is 1. The Morgan fingerprint density at radius 3 is 2.67 bits per heavy atom. The summed E-state index contributed by atoms with van der Waals surface area (Å²) < 4.78 is 41.2. The molecule has 4 heterocycles. The molecule has 4 aliphatic rings. The minimum atomic E-state index is -4.55. The molecule has 0 radical (unpaired) electrons. The van der Waals surface area contributed by atoms with Crippen LogP contribution in [-0.4, -0.2) is 66.5 Å². The van der Waals surface area contributed by atoms with Crippen molar-refractivity contribution in [2.45, 2.75) is 80.7 Å². The first kappa shape index (κ1) is 40.1. The van der Waals surface area contributed by atoms with Crippen LogP contribution in [0.4, 0.5) is 11.4 Å². The molecule has 60 heavy (non-hydrogen) atoms. The molecule has 9 rings (SSSR count). The average molecular weight is 851 g/mol. The quantitative estimate of drug-likeness (QED) is 0.0766. The first-order valence-electron chi connectivity index (χ1n) is 20.8. The van der Waals surface area contributed by atoms with Crippen LogP contribution in [0.15, 0.2) is 90.1 Å². The number of sulfonamides is 1. The zero-order valence-electron chi connectivity index (χ0n) is 33.1. The highest BCUT2D eigenvalue weighted by atomic mass is 35.5. The molecule has 3 fully saturated rings. The molecule has 3 N–H and O–H groups in total. The van der Waals surface area contributed by atoms with Gasteiger partial charge in [0.05, 0.1) is 21.6 Å². The summed E-state index contributed by atoms with van der Waals surface area (Å²) in [5.74, 6) is 0.408. The molecule has 2 aromatic heterocycles. The third kappa shape index (κ3) is 8.51. The van der Waals surface area contributed by atoms with Gasteiger partial charge in [0.1, 0.15) is 22.8 Å². The number of halogens is 1. The maximum absolute atomic E-state index is 13.9. The summed E-state index contributed by atoms with van der Waals surface area (Å²) in [5.41, 5.74) is 5.13. The molecule has 0 spiro atoms. The summed E-state index contributed by atoms with van der Waals surface area (Å²) in [4.78, 5) is 35.1. The standard InChI is InChI=1S/C45H47ClN6O7S/c46-38-4-1-3-36(43(38)30-6-7-30)40-5-2-20-51(40)33-11-8-29(9-12-33)31-10-14-37(42(24-31)59-34-23-32-16-19-47-44(32)49-27-34)45(53)50-60(56,57)35-13-15-39(41(25-35)52(54)55)48-26-28-17-21-58-22-18-28/h1,3-4,8,10,13-16,19,23-25,27-28,30,33,40,48H,2,5-7,9,11-12,17-18,20-22,26H2,(H,47,49)(H,50,53). The molecule has 15 heteroatoms. The monoisotopic (exact) mass is 850 g/mol. The molecule has 2 saturated heterocycles. The van der Waals surface area contributed by atoms with Gasteiger partial charge in [-0.3, -0.25) is 19.8 Å². The maximum atomic E-state index is 13.9. The summed E-state index contributed by atoms with van der Waals surface area (Å²) >= 11 is 6.76. The minimum Gasteiger partial charge on any atom is -0.455 e. The van der Waals surface area contributed by atoms with Gasteiger partial charge in [0.25, 0.3) is 21.6 Å². The molecule has 13 nitrogen and oxygen atoms in total. The van der Waals surface area contributed by atoms with E-state index < -0.39 is 31.4 Å². The van der Waals surface area contributed by atoms with Crippen molar-refractivity contribution in [3.05, 3.63) is 123 Å². The molecule has 2 atom stereocenters. The Morgan fingerprint density at radius 1 is 1.03 bits per heavy atom. The summed E-state index contributed by atoms with van der Waals surface area (Å²) in [7, 11) is -4.55. The molecule has 312 valence electrons. The zero-order valence-corrected chi connectivity index (χ0v) is 34.6. The van der Waals surface area contributed by atoms with Gasteiger partial charge in [0, 0.05) is 54.5 Å². The molecule has 5 aromatic rings. The molecule has 2 unspecified atom stereocenters. The third-order valence-electron chi connectivity index (χ3n) is 12.4. The second-order valence-electron chi connectivity index (χ2n) is 16.3. The van der Waals surface area contributed by atoms with Gasteiger partial charge in [0.2, 0.25) is 0 Å². The van der Waals surface area contributed by atoms with E-state index in [0.717, 1.165) is 79.1 Å². The minimum absolute atomic E-state index is 0.0251. The van der Waals surface area contributed by atoms with Gasteiger partial charge in [-0.15, -0.1) is 0 Å². The second-order valence-corrected chi connectivity index (χ2v) is 18.4. The van der Waals surface area contributed by atoms with Crippen LogP contribution in [0.3, 0.4) is 0 Å². The topological polar surface area (TPSA) is 169 Å². The SMILES string of the molecule is O=C(NS(=O)(=O)c1ccc(NCC2CCOCC2)c([N+](=O)[O-])c1)c1ccc(C2=CCC(N3CCCC3c3cccc(Cl)c3C3CC3)CC2)cc1Oc1cnc2[nH]ccc2c1. The number of amides is 1. The van der Waals surface area contributed by atoms with Crippen LogP contribution in [0.5, 0.6) is 11.5 Å². The van der Waals surface area contributed by atoms with Crippen molar-refractivity contribution in [3.8, 4) is 11.5 Å². The maximum Gasteiger partial charge on any atom is 0.293 e. The van der Waals surface area contributed by atoms with E-state index in [2.05, 4.69) is 43.1 Å². The number of allylic oxidation sites excluding steroid dienone is 1. The van der Waals surface area contributed by atoms with E-state index in [4.69, 9.17) is 21.1 Å². The lowest BCUT2D eigenvalue weighted by Crippen LogP contribution is -2.36. The smallest absolute Gasteiger partial charge is 0.293 e. The number of carbonyl (C=O) groups excluding carboxylic acids is 1. The van der Waals surface area contributed by atoms with Crippen LogP contribution in [0.1, 0.15) is 96.8 Å². The molecule has 1 amide bonds. The highest BCUT2D eigenvalue weighted by Crippen LogP contribution is 2.49. The predicted molar refractivity (Wildman–Crippen MR) is 230 cm³/mol. The van der Waals surface area contributed by atoms with Crippen molar-refractivity contribution < 1.29 is 27.6 Å². The zero-order chi connectivity index (χ0) is 41.4. The van der Waals surface area contributed by atoms with Gasteiger partial charge in [-0.25, -0.2) is 18.1 Å². The van der Waals surface area contributed by atoms with E-state index in [9.17, 15) is 23.3 Å². The number of rotatable bonds is 13. The number of hydrogen-bond acceptors (Lipinski definition) is 10. The van der Waals surface area contributed by atoms with Crippen molar-refractivity contribution in [1.29, 1.82) is 0 Å². The number of nitrogens with one attached hydrogen (secondary N) is 3. The Hall–Kier alpha value is -5.28. The Labute approximate surface area is 353 Å². The number of nitro groups is 1. The van der Waals surface area contributed by atoms with Crippen LogP contribution in [0.2, 0.25) is 5.02 Å². The summed E-state index contributed by atoms with van der Waals surface area (Å²) in [6.45, 7) is 2.79. The molecular formula is C45H47ClN6O7S. The number of nitro benzene ring substituents is 1. The number of aromatic nitrogens is 2. The molecule has 2 aliphatic heterocycles. The number of ether oxygens (including phenoxy) is 2. The lowest BCUT2D eigenvalue weighted by Gasteiger charge is -2.36. The second kappa shape index (κ2) is 17.0. The van der Waals surface area contributed by atoms with E-state index >= 15 is 0 Å². The van der Waals surface area contributed by atoms with Crippen molar-refractivity contribution >= 4 is 55.5 Å². The van der Waals surface area contributed by atoms with Crippen LogP contribution < -0.4 is 14.8 Å². The van der Waals surface area contributed by atoms with Gasteiger partial charge in [-0.1, -0.05) is 35.9 Å². The number of carbonyl (C=O) groups is 1. The van der Waals surface area contributed by atoms with Gasteiger partial charge < -0.3 is 19.8 Å². The van der Waals surface area contributed by atoms with E-state index in [0.29, 0.717) is 49.2 Å². The highest BCUT2D eigenvalue weighted by molar-refractivity contribution is 7.90. The van der Waals surface area contributed by atoms with Crippen LogP contribution in [-0.2, 0) is 14.8 Å². The number of anilines is 1. The summed E-state index contributed by atoms with van der Waals surface area (Å²) in [6, 6.07) is 19.5. The predicted octanol–water partition coefficient (Wildman–Crippen LogP) is 9.52. The van der Waals surface area contributed by atoms with Gasteiger partial charge >= 0.3 is 0 Å². The largest absolute Gasteiger partial charge is 0.455 e. The summed E-state index contributed by atoms with van der Waals surface area (Å²) in [5, 5.41) is 16.9. The first-order chi connectivity index (χ1) is 29.1. The van der Waals surface area contributed by atoms with Crippen LogP contribution >= 0.6 is 11.6 Å². The molecule has 1 saturated carbocycles. The number of nitrogens with zero attached hydrogens (tertiary/aromatic N) is 3. The fourth-order valence-electron chi connectivity index (χ4n) is 9.11. The lowest BCUT2D eigenvalue weighted by atomic mass is 9.88. The Kier molecular flexibility index (Phi) is 11.4.